The highest BCUT2D eigenvalue weighted by Gasteiger charge is 2.25. The van der Waals surface area contributed by atoms with Crippen LogP contribution < -0.4 is 9.80 Å². The van der Waals surface area contributed by atoms with E-state index in [9.17, 15) is 0 Å². The molecule has 0 N–H and O–H groups in total. The molecule has 0 aliphatic carbocycles. The number of hydrogen-bond acceptors (Lipinski definition) is 5. The van der Waals surface area contributed by atoms with Crippen molar-refractivity contribution in [1.29, 1.82) is 0 Å². The maximum Gasteiger partial charge on any atom is 0.227 e. The number of rotatable bonds is 6. The van der Waals surface area contributed by atoms with E-state index in [4.69, 9.17) is 9.72 Å². The maximum absolute atomic E-state index is 5.47. The average molecular weight is 367 g/mol. The maximum atomic E-state index is 5.47. The molecule has 0 saturated carbocycles. The Bertz CT molecular complexity index is 702. The van der Waals surface area contributed by atoms with Crippen LogP contribution in [0.4, 0.5) is 11.8 Å². The third kappa shape index (κ3) is 4.78. The van der Waals surface area contributed by atoms with Crippen LogP contribution in [0.5, 0.6) is 0 Å². The Morgan fingerprint density at radius 3 is 2.70 bits per heavy atom. The SMILES string of the molecule is c1ccc(CCC[C@@H]2CCCCN2c2nccc(N3CCOCC3)n2)cc1. The number of hydrogen-bond donors (Lipinski definition) is 0. The molecule has 2 aliphatic rings. The number of aromatic nitrogens is 2. The molecule has 4 rings (SSSR count). The molecule has 5 nitrogen and oxygen atoms in total. The lowest BCUT2D eigenvalue weighted by atomic mass is 9.96. The summed E-state index contributed by atoms with van der Waals surface area (Å²) in [6.07, 6.45) is 9.30. The first-order valence-electron chi connectivity index (χ1n) is 10.4. The normalized spacial score (nSPS) is 20.7. The fourth-order valence-corrected chi connectivity index (χ4v) is 4.20. The van der Waals surface area contributed by atoms with Crippen LogP contribution in [0, 0.1) is 0 Å². The van der Waals surface area contributed by atoms with Crippen LogP contribution in [-0.4, -0.2) is 48.9 Å². The van der Waals surface area contributed by atoms with Crippen LogP contribution in [0.15, 0.2) is 42.6 Å². The summed E-state index contributed by atoms with van der Waals surface area (Å²) in [6.45, 7) is 4.47. The Kier molecular flexibility index (Phi) is 6.20. The van der Waals surface area contributed by atoms with Crippen molar-refractivity contribution in [3.8, 4) is 0 Å². The van der Waals surface area contributed by atoms with Crippen molar-refractivity contribution in [2.45, 2.75) is 44.6 Å². The van der Waals surface area contributed by atoms with Crippen LogP contribution in [0.25, 0.3) is 0 Å². The van der Waals surface area contributed by atoms with E-state index in [1.165, 1.54) is 37.7 Å². The van der Waals surface area contributed by atoms with Crippen molar-refractivity contribution in [3.63, 3.8) is 0 Å². The van der Waals surface area contributed by atoms with E-state index in [1.807, 2.05) is 12.3 Å². The zero-order chi connectivity index (χ0) is 18.3. The molecule has 2 saturated heterocycles. The zero-order valence-electron chi connectivity index (χ0n) is 16.1. The number of nitrogens with zero attached hydrogens (tertiary/aromatic N) is 4. The van der Waals surface area contributed by atoms with Gasteiger partial charge in [-0.25, -0.2) is 4.98 Å². The molecule has 0 bridgehead atoms. The standard InChI is InChI=1S/C22H30N4O/c1-2-7-19(8-3-1)9-6-11-20-10-4-5-14-26(20)22-23-13-12-21(24-22)25-15-17-27-18-16-25/h1-3,7-8,12-13,20H,4-6,9-11,14-18H2/t20-/m0/s1. The highest BCUT2D eigenvalue weighted by Crippen LogP contribution is 2.26. The second kappa shape index (κ2) is 9.18. The molecule has 0 radical (unpaired) electrons. The minimum absolute atomic E-state index is 0.558. The summed E-state index contributed by atoms with van der Waals surface area (Å²) in [4.78, 5) is 14.3. The van der Waals surface area contributed by atoms with Gasteiger partial charge < -0.3 is 14.5 Å². The topological polar surface area (TPSA) is 41.5 Å². The van der Waals surface area contributed by atoms with Crippen molar-refractivity contribution in [2.75, 3.05) is 42.6 Å². The summed E-state index contributed by atoms with van der Waals surface area (Å²) in [6, 6.07) is 13.4. The van der Waals surface area contributed by atoms with E-state index in [1.54, 1.807) is 0 Å². The number of anilines is 2. The first-order chi connectivity index (χ1) is 13.4. The summed E-state index contributed by atoms with van der Waals surface area (Å²) in [5.74, 6) is 1.94. The summed E-state index contributed by atoms with van der Waals surface area (Å²) >= 11 is 0. The molecule has 1 atom stereocenters. The average Bonchev–Trinajstić information content (AvgIpc) is 2.76. The van der Waals surface area contributed by atoms with Gasteiger partial charge in [0.15, 0.2) is 0 Å². The van der Waals surface area contributed by atoms with E-state index >= 15 is 0 Å². The molecule has 27 heavy (non-hydrogen) atoms. The van der Waals surface area contributed by atoms with E-state index in [0.717, 1.165) is 51.0 Å². The van der Waals surface area contributed by atoms with E-state index in [-0.39, 0.29) is 0 Å². The van der Waals surface area contributed by atoms with Crippen molar-refractivity contribution < 1.29 is 4.74 Å². The Labute approximate surface area is 162 Å². The molecule has 1 aromatic heterocycles. The fraction of sp³-hybridized carbons (Fsp3) is 0.545. The van der Waals surface area contributed by atoms with Crippen LogP contribution in [-0.2, 0) is 11.2 Å². The second-order valence-corrected chi connectivity index (χ2v) is 7.54. The number of ether oxygens (including phenoxy) is 1. The Hall–Kier alpha value is -2.14. The molecule has 3 heterocycles. The lowest BCUT2D eigenvalue weighted by Crippen LogP contribution is -2.41. The van der Waals surface area contributed by atoms with Crippen LogP contribution in [0.3, 0.4) is 0 Å². The largest absolute Gasteiger partial charge is 0.378 e. The predicted octanol–water partition coefficient (Wildman–Crippen LogP) is 3.70. The van der Waals surface area contributed by atoms with E-state index < -0.39 is 0 Å². The van der Waals surface area contributed by atoms with E-state index in [0.29, 0.717) is 6.04 Å². The lowest BCUT2D eigenvalue weighted by molar-refractivity contribution is 0.122. The second-order valence-electron chi connectivity index (χ2n) is 7.54. The lowest BCUT2D eigenvalue weighted by Gasteiger charge is -2.36. The van der Waals surface area contributed by atoms with E-state index in [2.05, 4.69) is 45.1 Å². The number of benzene rings is 1. The monoisotopic (exact) mass is 366 g/mol. The molecule has 0 spiro atoms. The molecule has 2 aliphatic heterocycles. The Morgan fingerprint density at radius 2 is 1.85 bits per heavy atom. The highest BCUT2D eigenvalue weighted by atomic mass is 16.5. The quantitative estimate of drug-likeness (QED) is 0.780. The van der Waals surface area contributed by atoms with Gasteiger partial charge >= 0.3 is 0 Å². The van der Waals surface area contributed by atoms with Crippen LogP contribution in [0.2, 0.25) is 0 Å². The first-order valence-corrected chi connectivity index (χ1v) is 10.4. The smallest absolute Gasteiger partial charge is 0.227 e. The minimum atomic E-state index is 0.558. The van der Waals surface area contributed by atoms with Crippen LogP contribution >= 0.6 is 0 Å². The van der Waals surface area contributed by atoms with Gasteiger partial charge in [0.25, 0.3) is 0 Å². The number of aryl methyl sites for hydroxylation is 1. The summed E-state index contributed by atoms with van der Waals surface area (Å²) in [7, 11) is 0. The molecule has 0 unspecified atom stereocenters. The van der Waals surface area contributed by atoms with Gasteiger partial charge in [-0.15, -0.1) is 0 Å². The first kappa shape index (κ1) is 18.2. The molecular formula is C22H30N4O. The number of morpholine rings is 1. The van der Waals surface area contributed by atoms with Gasteiger partial charge in [-0.2, -0.15) is 4.98 Å². The van der Waals surface area contributed by atoms with Crippen LogP contribution in [0.1, 0.15) is 37.7 Å². The van der Waals surface area contributed by atoms with Gasteiger partial charge in [-0.05, 0) is 50.2 Å². The van der Waals surface area contributed by atoms with Crippen molar-refractivity contribution in [3.05, 3.63) is 48.2 Å². The molecule has 2 fully saturated rings. The van der Waals surface area contributed by atoms with Crippen molar-refractivity contribution >= 4 is 11.8 Å². The summed E-state index contributed by atoms with van der Waals surface area (Å²) in [5.41, 5.74) is 1.44. The highest BCUT2D eigenvalue weighted by molar-refractivity contribution is 5.44. The minimum Gasteiger partial charge on any atom is -0.378 e. The molecule has 144 valence electrons. The third-order valence-electron chi connectivity index (χ3n) is 5.69. The van der Waals surface area contributed by atoms with Gasteiger partial charge in [0.1, 0.15) is 5.82 Å². The molecule has 1 aromatic carbocycles. The van der Waals surface area contributed by atoms with Gasteiger partial charge in [-0.3, -0.25) is 0 Å². The Morgan fingerprint density at radius 1 is 1.00 bits per heavy atom. The summed E-state index contributed by atoms with van der Waals surface area (Å²) < 4.78 is 5.47. The Balaban J connectivity index is 1.41. The zero-order valence-corrected chi connectivity index (χ0v) is 16.1. The van der Waals surface area contributed by atoms with Gasteiger partial charge in [0.05, 0.1) is 13.2 Å². The van der Waals surface area contributed by atoms with Gasteiger partial charge in [0, 0.05) is 31.9 Å². The molecule has 2 aromatic rings. The molecule has 5 heteroatoms. The number of piperidine rings is 1. The van der Waals surface area contributed by atoms with Gasteiger partial charge in [-0.1, -0.05) is 30.3 Å². The third-order valence-corrected chi connectivity index (χ3v) is 5.69. The molecule has 0 amide bonds. The molecular weight excluding hydrogens is 336 g/mol. The predicted molar refractivity (Wildman–Crippen MR) is 109 cm³/mol. The van der Waals surface area contributed by atoms with Crippen molar-refractivity contribution in [1.82, 2.24) is 9.97 Å². The van der Waals surface area contributed by atoms with Gasteiger partial charge in [0.2, 0.25) is 5.95 Å². The summed E-state index contributed by atoms with van der Waals surface area (Å²) in [5, 5.41) is 0. The van der Waals surface area contributed by atoms with Crippen molar-refractivity contribution in [2.24, 2.45) is 0 Å². The fourth-order valence-electron chi connectivity index (χ4n) is 4.20.